The van der Waals surface area contributed by atoms with Crippen molar-refractivity contribution in [2.45, 2.75) is 6.04 Å². The molecule has 0 fully saturated rings. The first-order valence-electron chi connectivity index (χ1n) is 3.81. The van der Waals surface area contributed by atoms with Crippen LogP contribution in [0.3, 0.4) is 0 Å². The number of rotatable bonds is 1. The minimum atomic E-state index is 0. The smallest absolute Gasteiger partial charge is 0.124 e. The molecule has 1 aliphatic rings. The first kappa shape index (κ1) is 9.36. The fourth-order valence-corrected chi connectivity index (χ4v) is 1.40. The van der Waals surface area contributed by atoms with E-state index in [1.54, 1.807) is 0 Å². The Morgan fingerprint density at radius 2 is 2.17 bits per heavy atom. The molecule has 2 nitrogen and oxygen atoms in total. The van der Waals surface area contributed by atoms with Crippen LogP contribution in [0.25, 0.3) is 0 Å². The lowest BCUT2D eigenvalue weighted by Crippen LogP contribution is -2.16. The van der Waals surface area contributed by atoms with E-state index in [0.717, 1.165) is 12.4 Å². The molecule has 0 aliphatic carbocycles. The molecule has 3 heteroatoms. The summed E-state index contributed by atoms with van der Waals surface area (Å²) in [6.07, 6.45) is 0. The van der Waals surface area contributed by atoms with Crippen molar-refractivity contribution in [2.24, 2.45) is 0 Å². The zero-order chi connectivity index (χ0) is 7.68. The lowest BCUT2D eigenvalue weighted by molar-refractivity contribution is 0.318. The van der Waals surface area contributed by atoms with Gasteiger partial charge in [-0.25, -0.2) is 0 Å². The second-order valence-corrected chi connectivity index (χ2v) is 2.69. The van der Waals surface area contributed by atoms with Crippen molar-refractivity contribution >= 4 is 12.4 Å². The molecule has 1 aliphatic heterocycles. The number of nitrogens with one attached hydrogen (secondary N) is 1. The third-order valence-corrected chi connectivity index (χ3v) is 2.05. The summed E-state index contributed by atoms with van der Waals surface area (Å²) in [5, 5.41) is 3.20. The van der Waals surface area contributed by atoms with Crippen LogP contribution in [-0.2, 0) is 0 Å². The molecule has 1 aromatic carbocycles. The van der Waals surface area contributed by atoms with Crippen molar-refractivity contribution in [1.29, 1.82) is 0 Å². The summed E-state index contributed by atoms with van der Waals surface area (Å²) in [6.45, 7) is 0.760. The predicted octanol–water partition coefficient (Wildman–Crippen LogP) is 1.76. The van der Waals surface area contributed by atoms with Gasteiger partial charge in [0.1, 0.15) is 12.4 Å². The molecule has 1 atom stereocenters. The molecular weight excluding hydrogens is 174 g/mol. The number of para-hydroxylation sites is 1. The lowest BCUT2D eigenvalue weighted by atomic mass is 10.1. The first-order chi connectivity index (χ1) is 5.42. The molecule has 0 amide bonds. The standard InChI is InChI=1S/C9H11NO.ClH/c1-10-8-6-11-9-5-3-2-4-7(8)9;/h2-5,8,10H,6H2,1H3;1H. The van der Waals surface area contributed by atoms with Crippen LogP contribution in [0.4, 0.5) is 0 Å². The summed E-state index contributed by atoms with van der Waals surface area (Å²) < 4.78 is 5.44. The quantitative estimate of drug-likeness (QED) is 0.720. The minimum Gasteiger partial charge on any atom is -0.491 e. The molecule has 0 saturated heterocycles. The van der Waals surface area contributed by atoms with Crippen molar-refractivity contribution < 1.29 is 4.74 Å². The monoisotopic (exact) mass is 185 g/mol. The summed E-state index contributed by atoms with van der Waals surface area (Å²) in [5.74, 6) is 1.02. The largest absolute Gasteiger partial charge is 0.491 e. The van der Waals surface area contributed by atoms with Crippen molar-refractivity contribution in [2.75, 3.05) is 13.7 Å². The van der Waals surface area contributed by atoms with Crippen LogP contribution < -0.4 is 10.1 Å². The Labute approximate surface area is 78.3 Å². The number of hydrogen-bond acceptors (Lipinski definition) is 2. The molecule has 1 aromatic rings. The van der Waals surface area contributed by atoms with Gasteiger partial charge in [0, 0.05) is 5.56 Å². The number of likely N-dealkylation sites (N-methyl/N-ethyl adjacent to an activating group) is 1. The molecule has 66 valence electrons. The van der Waals surface area contributed by atoms with E-state index in [1.165, 1.54) is 5.56 Å². The van der Waals surface area contributed by atoms with Gasteiger partial charge in [0.05, 0.1) is 6.04 Å². The zero-order valence-electron chi connectivity index (χ0n) is 6.91. The van der Waals surface area contributed by atoms with Gasteiger partial charge < -0.3 is 10.1 Å². The van der Waals surface area contributed by atoms with Crippen molar-refractivity contribution in [1.82, 2.24) is 5.32 Å². The second kappa shape index (κ2) is 3.78. The average molecular weight is 186 g/mol. The van der Waals surface area contributed by atoms with Crippen LogP contribution in [0.2, 0.25) is 0 Å². The van der Waals surface area contributed by atoms with Gasteiger partial charge in [-0.15, -0.1) is 12.4 Å². The van der Waals surface area contributed by atoms with Crippen molar-refractivity contribution in [3.8, 4) is 5.75 Å². The molecule has 0 saturated carbocycles. The fourth-order valence-electron chi connectivity index (χ4n) is 1.40. The molecule has 0 radical (unpaired) electrons. The Bertz CT molecular complexity index is 264. The maximum Gasteiger partial charge on any atom is 0.124 e. The van der Waals surface area contributed by atoms with Gasteiger partial charge in [0.15, 0.2) is 0 Å². The SMILES string of the molecule is CNC1COc2ccccc21.Cl. The molecular formula is C9H12ClNO. The third-order valence-electron chi connectivity index (χ3n) is 2.05. The third kappa shape index (κ3) is 1.40. The second-order valence-electron chi connectivity index (χ2n) is 2.69. The Kier molecular flexibility index (Phi) is 2.95. The zero-order valence-corrected chi connectivity index (χ0v) is 7.73. The van der Waals surface area contributed by atoms with Gasteiger partial charge in [-0.3, -0.25) is 0 Å². The summed E-state index contributed by atoms with van der Waals surface area (Å²) in [7, 11) is 1.95. The highest BCUT2D eigenvalue weighted by atomic mass is 35.5. The highest BCUT2D eigenvalue weighted by Crippen LogP contribution is 2.30. The number of fused-ring (bicyclic) bond motifs is 1. The van der Waals surface area contributed by atoms with E-state index in [0.29, 0.717) is 6.04 Å². The van der Waals surface area contributed by atoms with E-state index in [9.17, 15) is 0 Å². The van der Waals surface area contributed by atoms with Crippen LogP contribution in [0.5, 0.6) is 5.75 Å². The lowest BCUT2D eigenvalue weighted by Gasteiger charge is -2.04. The maximum atomic E-state index is 5.44. The van der Waals surface area contributed by atoms with Gasteiger partial charge in [-0.1, -0.05) is 18.2 Å². The topological polar surface area (TPSA) is 21.3 Å². The van der Waals surface area contributed by atoms with Crippen molar-refractivity contribution in [3.63, 3.8) is 0 Å². The van der Waals surface area contributed by atoms with E-state index in [-0.39, 0.29) is 12.4 Å². The fraction of sp³-hybridized carbons (Fsp3) is 0.333. The van der Waals surface area contributed by atoms with Gasteiger partial charge >= 0.3 is 0 Å². The summed E-state index contributed by atoms with van der Waals surface area (Å²) in [6, 6.07) is 8.52. The molecule has 0 bridgehead atoms. The molecule has 1 unspecified atom stereocenters. The average Bonchev–Trinajstić information content (AvgIpc) is 2.47. The van der Waals surface area contributed by atoms with Gasteiger partial charge in [0.25, 0.3) is 0 Å². The van der Waals surface area contributed by atoms with Crippen LogP contribution in [0.1, 0.15) is 11.6 Å². The highest BCUT2D eigenvalue weighted by Gasteiger charge is 2.20. The Balaban J connectivity index is 0.000000720. The normalized spacial score (nSPS) is 19.2. The van der Waals surface area contributed by atoms with Gasteiger partial charge in [-0.05, 0) is 13.1 Å². The number of ether oxygens (including phenoxy) is 1. The molecule has 1 heterocycles. The minimum absolute atomic E-state index is 0. The van der Waals surface area contributed by atoms with E-state index in [2.05, 4.69) is 11.4 Å². The van der Waals surface area contributed by atoms with Crippen LogP contribution in [-0.4, -0.2) is 13.7 Å². The van der Waals surface area contributed by atoms with E-state index < -0.39 is 0 Å². The Morgan fingerprint density at radius 1 is 1.42 bits per heavy atom. The Hall–Kier alpha value is -0.730. The van der Waals surface area contributed by atoms with Crippen LogP contribution >= 0.6 is 12.4 Å². The molecule has 0 spiro atoms. The van der Waals surface area contributed by atoms with Gasteiger partial charge in [-0.2, -0.15) is 0 Å². The van der Waals surface area contributed by atoms with Crippen molar-refractivity contribution in [3.05, 3.63) is 29.8 Å². The first-order valence-corrected chi connectivity index (χ1v) is 3.81. The van der Waals surface area contributed by atoms with Crippen LogP contribution in [0, 0.1) is 0 Å². The number of halogens is 1. The summed E-state index contributed by atoms with van der Waals surface area (Å²) in [4.78, 5) is 0. The highest BCUT2D eigenvalue weighted by molar-refractivity contribution is 5.85. The van der Waals surface area contributed by atoms with Gasteiger partial charge in [0.2, 0.25) is 0 Å². The summed E-state index contributed by atoms with van der Waals surface area (Å²) >= 11 is 0. The van der Waals surface area contributed by atoms with Crippen LogP contribution in [0.15, 0.2) is 24.3 Å². The summed E-state index contributed by atoms with van der Waals surface area (Å²) in [5.41, 5.74) is 1.27. The molecule has 1 N–H and O–H groups in total. The number of hydrogen-bond donors (Lipinski definition) is 1. The van der Waals surface area contributed by atoms with E-state index >= 15 is 0 Å². The van der Waals surface area contributed by atoms with E-state index in [1.807, 2.05) is 25.2 Å². The predicted molar refractivity (Wildman–Crippen MR) is 51.0 cm³/mol. The van der Waals surface area contributed by atoms with E-state index in [4.69, 9.17) is 4.74 Å². The maximum absolute atomic E-state index is 5.44. The molecule has 12 heavy (non-hydrogen) atoms. The Morgan fingerprint density at radius 3 is 2.92 bits per heavy atom. The number of benzene rings is 1. The molecule has 0 aromatic heterocycles. The molecule has 2 rings (SSSR count).